The summed E-state index contributed by atoms with van der Waals surface area (Å²) in [7, 11) is 0. The first-order valence-electron chi connectivity index (χ1n) is 6.25. The van der Waals surface area contributed by atoms with E-state index in [0.717, 1.165) is 48.3 Å². The average Bonchev–Trinajstić information content (AvgIpc) is 3.01. The zero-order valence-electron chi connectivity index (χ0n) is 10.3. The van der Waals surface area contributed by atoms with E-state index < -0.39 is 0 Å². The first kappa shape index (κ1) is 11.8. The Morgan fingerprint density at radius 1 is 1.39 bits per heavy atom. The number of piperidine rings is 1. The minimum absolute atomic E-state index is 0.421. The van der Waals surface area contributed by atoms with Crippen molar-refractivity contribution in [2.45, 2.75) is 32.1 Å². The molecule has 5 nitrogen and oxygen atoms in total. The van der Waals surface area contributed by atoms with Crippen LogP contribution in [0.15, 0.2) is 9.90 Å². The number of rotatable bonds is 3. The van der Waals surface area contributed by atoms with Gasteiger partial charge in [0, 0.05) is 11.3 Å². The van der Waals surface area contributed by atoms with Gasteiger partial charge >= 0.3 is 0 Å². The van der Waals surface area contributed by atoms with Crippen LogP contribution in [0.3, 0.4) is 0 Å². The first-order chi connectivity index (χ1) is 8.81. The Kier molecular flexibility index (Phi) is 3.38. The number of aromatic nitrogens is 3. The van der Waals surface area contributed by atoms with Gasteiger partial charge in [0.05, 0.1) is 17.1 Å². The fourth-order valence-corrected chi connectivity index (χ4v) is 2.84. The van der Waals surface area contributed by atoms with Crippen LogP contribution in [0.25, 0.3) is 0 Å². The van der Waals surface area contributed by atoms with Crippen molar-refractivity contribution in [3.05, 3.63) is 27.8 Å². The Morgan fingerprint density at radius 2 is 2.22 bits per heavy atom. The molecule has 1 fully saturated rings. The number of nitrogens with zero attached hydrogens (tertiary/aromatic N) is 3. The summed E-state index contributed by atoms with van der Waals surface area (Å²) < 4.78 is 5.37. The summed E-state index contributed by atoms with van der Waals surface area (Å²) in [5.74, 6) is 1.96. The highest BCUT2D eigenvalue weighted by Crippen LogP contribution is 2.23. The molecule has 0 aliphatic carbocycles. The van der Waals surface area contributed by atoms with E-state index in [4.69, 9.17) is 4.52 Å². The zero-order chi connectivity index (χ0) is 12.4. The van der Waals surface area contributed by atoms with Gasteiger partial charge in [-0.2, -0.15) is 4.98 Å². The van der Waals surface area contributed by atoms with Gasteiger partial charge in [-0.05, 0) is 32.9 Å². The minimum atomic E-state index is 0.421. The van der Waals surface area contributed by atoms with E-state index in [1.54, 1.807) is 11.3 Å². The molecule has 3 rings (SSSR count). The molecule has 0 radical (unpaired) electrons. The van der Waals surface area contributed by atoms with Crippen molar-refractivity contribution in [2.24, 2.45) is 0 Å². The molecule has 1 aliphatic heterocycles. The van der Waals surface area contributed by atoms with Crippen LogP contribution in [-0.2, 0) is 6.42 Å². The molecular formula is C12H16N4OS. The third kappa shape index (κ3) is 2.59. The van der Waals surface area contributed by atoms with Gasteiger partial charge < -0.3 is 9.84 Å². The molecule has 1 N–H and O–H groups in total. The first-order valence-corrected chi connectivity index (χ1v) is 7.13. The van der Waals surface area contributed by atoms with Crippen LogP contribution >= 0.6 is 11.3 Å². The summed E-state index contributed by atoms with van der Waals surface area (Å²) in [4.78, 5) is 8.91. The molecule has 0 amide bonds. The molecule has 0 aromatic carbocycles. The van der Waals surface area contributed by atoms with Crippen LogP contribution in [0.2, 0.25) is 0 Å². The van der Waals surface area contributed by atoms with Gasteiger partial charge in [-0.1, -0.05) is 5.16 Å². The molecule has 0 bridgehead atoms. The summed E-state index contributed by atoms with van der Waals surface area (Å²) in [6.45, 7) is 4.08. The van der Waals surface area contributed by atoms with Crippen molar-refractivity contribution < 1.29 is 4.52 Å². The lowest BCUT2D eigenvalue weighted by Crippen LogP contribution is -2.26. The summed E-state index contributed by atoms with van der Waals surface area (Å²) in [6, 6.07) is 0. The third-order valence-corrected chi connectivity index (χ3v) is 4.00. The Hall–Kier alpha value is -1.27. The number of nitrogens with one attached hydrogen (secondary N) is 1. The number of hydrogen-bond donors (Lipinski definition) is 1. The number of hydrogen-bond acceptors (Lipinski definition) is 6. The van der Waals surface area contributed by atoms with Crippen LogP contribution in [0.1, 0.15) is 41.2 Å². The number of aryl methyl sites for hydroxylation is 1. The maximum absolute atomic E-state index is 5.37. The van der Waals surface area contributed by atoms with Crippen LogP contribution < -0.4 is 5.32 Å². The SMILES string of the molecule is Cc1nc(Cc2noc(C3CCNCC3)n2)cs1. The van der Waals surface area contributed by atoms with E-state index in [-0.39, 0.29) is 0 Å². The molecule has 2 aromatic heterocycles. The zero-order valence-corrected chi connectivity index (χ0v) is 11.2. The van der Waals surface area contributed by atoms with Crippen LogP contribution in [0.4, 0.5) is 0 Å². The Morgan fingerprint density at radius 3 is 2.94 bits per heavy atom. The second-order valence-corrected chi connectivity index (χ2v) is 5.67. The molecule has 3 heterocycles. The average molecular weight is 264 g/mol. The molecule has 1 saturated heterocycles. The van der Waals surface area contributed by atoms with Gasteiger partial charge in [0.15, 0.2) is 5.82 Å². The van der Waals surface area contributed by atoms with Crippen molar-refractivity contribution in [1.29, 1.82) is 0 Å². The van der Waals surface area contributed by atoms with Crippen molar-refractivity contribution in [3.63, 3.8) is 0 Å². The van der Waals surface area contributed by atoms with E-state index in [9.17, 15) is 0 Å². The number of thiazole rings is 1. The molecule has 1 aliphatic rings. The predicted molar refractivity (Wildman–Crippen MR) is 68.8 cm³/mol. The normalized spacial score (nSPS) is 17.2. The lowest BCUT2D eigenvalue weighted by atomic mass is 9.98. The molecule has 0 atom stereocenters. The Bertz CT molecular complexity index is 516. The van der Waals surface area contributed by atoms with E-state index in [0.29, 0.717) is 12.3 Å². The highest BCUT2D eigenvalue weighted by molar-refractivity contribution is 7.09. The summed E-state index contributed by atoms with van der Waals surface area (Å²) in [6.07, 6.45) is 2.83. The molecule has 18 heavy (non-hydrogen) atoms. The minimum Gasteiger partial charge on any atom is -0.339 e. The van der Waals surface area contributed by atoms with Crippen molar-refractivity contribution >= 4 is 11.3 Å². The fraction of sp³-hybridized carbons (Fsp3) is 0.583. The van der Waals surface area contributed by atoms with E-state index in [1.165, 1.54) is 0 Å². The summed E-state index contributed by atoms with van der Waals surface area (Å²) >= 11 is 1.65. The maximum atomic E-state index is 5.37. The lowest BCUT2D eigenvalue weighted by molar-refractivity contribution is 0.318. The maximum Gasteiger partial charge on any atom is 0.229 e. The summed E-state index contributed by atoms with van der Waals surface area (Å²) in [5, 5.41) is 10.5. The highest BCUT2D eigenvalue weighted by Gasteiger charge is 2.21. The van der Waals surface area contributed by atoms with Crippen LogP contribution in [-0.4, -0.2) is 28.2 Å². The highest BCUT2D eigenvalue weighted by atomic mass is 32.1. The molecule has 2 aromatic rings. The lowest BCUT2D eigenvalue weighted by Gasteiger charge is -2.18. The predicted octanol–water partition coefficient (Wildman–Crippen LogP) is 1.89. The molecular weight excluding hydrogens is 248 g/mol. The molecule has 96 valence electrons. The van der Waals surface area contributed by atoms with Crippen LogP contribution in [0.5, 0.6) is 0 Å². The topological polar surface area (TPSA) is 63.8 Å². The molecule has 0 unspecified atom stereocenters. The fourth-order valence-electron chi connectivity index (χ4n) is 2.23. The van der Waals surface area contributed by atoms with Gasteiger partial charge in [-0.3, -0.25) is 0 Å². The van der Waals surface area contributed by atoms with Crippen molar-refractivity contribution in [3.8, 4) is 0 Å². The van der Waals surface area contributed by atoms with Gasteiger partial charge in [-0.25, -0.2) is 4.98 Å². The van der Waals surface area contributed by atoms with Crippen molar-refractivity contribution in [2.75, 3.05) is 13.1 Å². The molecule has 0 saturated carbocycles. The van der Waals surface area contributed by atoms with Gasteiger partial charge in [0.1, 0.15) is 0 Å². The van der Waals surface area contributed by atoms with Gasteiger partial charge in [0.25, 0.3) is 0 Å². The second kappa shape index (κ2) is 5.16. The molecule has 0 spiro atoms. The van der Waals surface area contributed by atoms with E-state index in [1.807, 2.05) is 6.92 Å². The monoisotopic (exact) mass is 264 g/mol. The van der Waals surface area contributed by atoms with Gasteiger partial charge in [0.2, 0.25) is 5.89 Å². The standard InChI is InChI=1S/C12H16N4OS/c1-8-14-10(7-18-8)6-11-15-12(17-16-11)9-2-4-13-5-3-9/h7,9,13H,2-6H2,1H3. The quantitative estimate of drug-likeness (QED) is 0.917. The smallest absolute Gasteiger partial charge is 0.229 e. The van der Waals surface area contributed by atoms with E-state index >= 15 is 0 Å². The Balaban J connectivity index is 1.69. The third-order valence-electron chi connectivity index (χ3n) is 3.18. The van der Waals surface area contributed by atoms with Crippen molar-refractivity contribution in [1.82, 2.24) is 20.4 Å². The van der Waals surface area contributed by atoms with Crippen LogP contribution in [0, 0.1) is 6.92 Å². The largest absolute Gasteiger partial charge is 0.339 e. The van der Waals surface area contributed by atoms with Gasteiger partial charge in [-0.15, -0.1) is 11.3 Å². The molecule has 6 heteroatoms. The Labute approximate surface area is 110 Å². The van der Waals surface area contributed by atoms with E-state index in [2.05, 4.69) is 25.8 Å². The summed E-state index contributed by atoms with van der Waals surface area (Å²) in [5.41, 5.74) is 1.02. The second-order valence-electron chi connectivity index (χ2n) is 4.61.